The van der Waals surface area contributed by atoms with E-state index in [1.807, 2.05) is 17.9 Å². The summed E-state index contributed by atoms with van der Waals surface area (Å²) < 4.78 is 0. The highest BCUT2D eigenvalue weighted by Crippen LogP contribution is 2.56. The molecule has 1 aromatic carbocycles. The number of carbonyl (C=O) groups excluding carboxylic acids is 3. The van der Waals surface area contributed by atoms with Gasteiger partial charge in [-0.15, -0.1) is 0 Å². The minimum absolute atomic E-state index is 0.00974. The van der Waals surface area contributed by atoms with E-state index in [9.17, 15) is 14.4 Å². The summed E-state index contributed by atoms with van der Waals surface area (Å²) in [7, 11) is 3.42. The van der Waals surface area contributed by atoms with E-state index in [2.05, 4.69) is 5.32 Å². The van der Waals surface area contributed by atoms with Crippen LogP contribution in [0.4, 0.5) is 0 Å². The molecule has 5 fully saturated rings. The molecule has 1 aromatic rings. The van der Waals surface area contributed by atoms with Crippen LogP contribution in [-0.2, 0) is 4.79 Å². The van der Waals surface area contributed by atoms with Crippen molar-refractivity contribution in [3.8, 4) is 0 Å². The van der Waals surface area contributed by atoms with E-state index in [0.717, 1.165) is 18.3 Å². The number of benzene rings is 1. The molecule has 0 aromatic heterocycles. The molecule has 4 saturated carbocycles. The van der Waals surface area contributed by atoms with E-state index in [-0.39, 0.29) is 29.8 Å². The van der Waals surface area contributed by atoms with E-state index >= 15 is 0 Å². The monoisotopic (exact) mass is 449 g/mol. The number of carbonyl (C=O) groups is 3. The van der Waals surface area contributed by atoms with Crippen molar-refractivity contribution in [3.63, 3.8) is 0 Å². The van der Waals surface area contributed by atoms with Crippen LogP contribution >= 0.6 is 0 Å². The Kier molecular flexibility index (Phi) is 5.79. The first-order valence-corrected chi connectivity index (χ1v) is 12.4. The molecule has 1 N–H and O–H groups in total. The van der Waals surface area contributed by atoms with Crippen LogP contribution in [0.2, 0.25) is 0 Å². The molecule has 6 rings (SSSR count). The summed E-state index contributed by atoms with van der Waals surface area (Å²) in [5.41, 5.74) is 2.53. The number of nitrogens with zero attached hydrogens (tertiary/aromatic N) is 2. The fraction of sp³-hybridized carbons (Fsp3) is 0.593. The van der Waals surface area contributed by atoms with E-state index in [0.29, 0.717) is 29.5 Å². The Bertz CT molecular complexity index is 951. The predicted octanol–water partition coefficient (Wildman–Crippen LogP) is 3.49. The van der Waals surface area contributed by atoms with Crippen LogP contribution in [-0.4, -0.2) is 60.2 Å². The van der Waals surface area contributed by atoms with Gasteiger partial charge < -0.3 is 15.1 Å². The van der Waals surface area contributed by atoms with Crippen LogP contribution in [0.25, 0.3) is 0 Å². The molecular weight excluding hydrogens is 414 g/mol. The summed E-state index contributed by atoms with van der Waals surface area (Å²) in [6.07, 6.45) is 9.16. The normalized spacial score (nSPS) is 32.1. The maximum absolute atomic E-state index is 13.1. The lowest BCUT2D eigenvalue weighted by Gasteiger charge is -2.51. The fourth-order valence-corrected chi connectivity index (χ4v) is 6.96. The van der Waals surface area contributed by atoms with Crippen molar-refractivity contribution in [3.05, 3.63) is 47.0 Å². The minimum atomic E-state index is -0.0837. The van der Waals surface area contributed by atoms with Gasteiger partial charge in [0.2, 0.25) is 5.91 Å². The van der Waals surface area contributed by atoms with Gasteiger partial charge in [-0.3, -0.25) is 14.4 Å². The van der Waals surface area contributed by atoms with Crippen LogP contribution in [0.5, 0.6) is 0 Å². The summed E-state index contributed by atoms with van der Waals surface area (Å²) in [6, 6.07) is 6.86. The quantitative estimate of drug-likeness (QED) is 0.716. The number of hydrogen-bond donors (Lipinski definition) is 1. The second-order valence-electron chi connectivity index (χ2n) is 11.0. The van der Waals surface area contributed by atoms with Crippen molar-refractivity contribution in [1.29, 1.82) is 0 Å². The molecule has 0 spiro atoms. The molecule has 33 heavy (non-hydrogen) atoms. The summed E-state index contributed by atoms with van der Waals surface area (Å²) in [5, 5.41) is 3.18. The maximum atomic E-state index is 13.1. The van der Waals surface area contributed by atoms with Crippen molar-refractivity contribution in [2.45, 2.75) is 57.5 Å². The molecule has 0 radical (unpaired) electrons. The predicted molar refractivity (Wildman–Crippen MR) is 127 cm³/mol. The Balaban J connectivity index is 1.20. The van der Waals surface area contributed by atoms with Gasteiger partial charge in [-0.05, 0) is 93.4 Å². The van der Waals surface area contributed by atoms with E-state index in [1.54, 1.807) is 38.4 Å². The summed E-state index contributed by atoms with van der Waals surface area (Å²) in [4.78, 5) is 41.4. The molecule has 1 aliphatic heterocycles. The molecule has 1 saturated heterocycles. The van der Waals surface area contributed by atoms with Crippen LogP contribution < -0.4 is 5.32 Å². The van der Waals surface area contributed by atoms with Crippen molar-refractivity contribution in [2.24, 2.45) is 23.7 Å². The Labute approximate surface area is 196 Å². The minimum Gasteiger partial charge on any atom is -0.348 e. The van der Waals surface area contributed by atoms with Gasteiger partial charge >= 0.3 is 0 Å². The van der Waals surface area contributed by atoms with Gasteiger partial charge in [-0.2, -0.15) is 0 Å². The molecule has 1 heterocycles. The van der Waals surface area contributed by atoms with E-state index in [1.165, 1.54) is 42.6 Å². The Morgan fingerprint density at radius 3 is 2.06 bits per heavy atom. The molecule has 5 aliphatic rings. The molecule has 4 bridgehead atoms. The zero-order chi connectivity index (χ0) is 23.3. The molecule has 4 aliphatic carbocycles. The number of rotatable bonds is 4. The number of amides is 3. The van der Waals surface area contributed by atoms with Gasteiger partial charge in [0.1, 0.15) is 0 Å². The average molecular weight is 450 g/mol. The van der Waals surface area contributed by atoms with Crippen LogP contribution in [0.3, 0.4) is 0 Å². The van der Waals surface area contributed by atoms with Crippen LogP contribution in [0, 0.1) is 23.7 Å². The first-order valence-electron chi connectivity index (χ1n) is 12.4. The van der Waals surface area contributed by atoms with Gasteiger partial charge in [0.25, 0.3) is 11.8 Å². The molecule has 176 valence electrons. The van der Waals surface area contributed by atoms with Gasteiger partial charge in [0.05, 0.1) is 0 Å². The number of hydrogen-bond acceptors (Lipinski definition) is 3. The van der Waals surface area contributed by atoms with E-state index < -0.39 is 0 Å². The van der Waals surface area contributed by atoms with Crippen molar-refractivity contribution >= 4 is 17.7 Å². The van der Waals surface area contributed by atoms with Gasteiger partial charge in [0, 0.05) is 49.9 Å². The zero-order valence-corrected chi connectivity index (χ0v) is 19.9. The first-order chi connectivity index (χ1) is 15.8. The van der Waals surface area contributed by atoms with Crippen molar-refractivity contribution in [2.75, 3.05) is 20.6 Å². The number of nitrogens with one attached hydrogen (secondary N) is 1. The highest BCUT2D eigenvalue weighted by Gasteiger charge is 2.45. The highest BCUT2D eigenvalue weighted by molar-refractivity contribution is 5.98. The van der Waals surface area contributed by atoms with E-state index in [4.69, 9.17) is 0 Å². The topological polar surface area (TPSA) is 69.7 Å². The Morgan fingerprint density at radius 1 is 0.909 bits per heavy atom. The molecule has 6 heteroatoms. The smallest absolute Gasteiger partial charge is 0.254 e. The third kappa shape index (κ3) is 4.32. The lowest BCUT2D eigenvalue weighted by atomic mass is 9.54. The summed E-state index contributed by atoms with van der Waals surface area (Å²) in [5.74, 6) is 2.89. The average Bonchev–Trinajstić information content (AvgIpc) is 3.14. The highest BCUT2D eigenvalue weighted by atomic mass is 16.2. The Hall–Kier alpha value is -2.63. The van der Waals surface area contributed by atoms with Gasteiger partial charge in [-0.25, -0.2) is 0 Å². The standard InChI is InChI=1S/C27H35N3O3/c1-16-8-23(15-30(16)27(33)20-6-4-19(5-7-20)26(32)29(2)3)28-25(31)14-24-21-10-17-9-18(12-21)13-22(24)11-17/h4-7,14,16-18,21-23H,8-13,15H2,1-3H3,(H,28,31). The first kappa shape index (κ1) is 22.2. The summed E-state index contributed by atoms with van der Waals surface area (Å²) in [6.45, 7) is 2.55. The summed E-state index contributed by atoms with van der Waals surface area (Å²) >= 11 is 0. The second kappa shape index (κ2) is 8.62. The third-order valence-corrected chi connectivity index (χ3v) is 8.35. The molecule has 2 atom stereocenters. The zero-order valence-electron chi connectivity index (χ0n) is 19.9. The van der Waals surface area contributed by atoms with Crippen LogP contribution in [0.15, 0.2) is 35.9 Å². The number of allylic oxidation sites excluding steroid dienone is 1. The lowest BCUT2D eigenvalue weighted by Crippen LogP contribution is -2.42. The van der Waals surface area contributed by atoms with Crippen LogP contribution in [0.1, 0.15) is 66.2 Å². The second-order valence-corrected chi connectivity index (χ2v) is 11.0. The largest absolute Gasteiger partial charge is 0.348 e. The van der Waals surface area contributed by atoms with Crippen molar-refractivity contribution < 1.29 is 14.4 Å². The molecular formula is C27H35N3O3. The Morgan fingerprint density at radius 2 is 1.48 bits per heavy atom. The van der Waals surface area contributed by atoms with Gasteiger partial charge in [0.15, 0.2) is 0 Å². The number of likely N-dealkylation sites (tertiary alicyclic amines) is 1. The van der Waals surface area contributed by atoms with Crippen molar-refractivity contribution in [1.82, 2.24) is 15.1 Å². The SMILES string of the molecule is CC1CC(NC(=O)C=C2C3CC4CC(C3)CC2C4)CN1C(=O)c1ccc(C(=O)N(C)C)cc1. The molecule has 3 amide bonds. The lowest BCUT2D eigenvalue weighted by molar-refractivity contribution is -0.117. The molecule has 6 nitrogen and oxygen atoms in total. The molecule has 2 unspecified atom stereocenters. The van der Waals surface area contributed by atoms with Gasteiger partial charge in [-0.1, -0.05) is 5.57 Å². The fourth-order valence-electron chi connectivity index (χ4n) is 6.96. The maximum Gasteiger partial charge on any atom is 0.254 e. The third-order valence-electron chi connectivity index (χ3n) is 8.35.